The highest BCUT2D eigenvalue weighted by atomic mass is 32.2. The molecule has 0 bridgehead atoms. The number of sulfone groups is 1. The summed E-state index contributed by atoms with van der Waals surface area (Å²) in [4.78, 5) is 12.1. The summed E-state index contributed by atoms with van der Waals surface area (Å²) in [5.74, 6) is -10.6. The van der Waals surface area contributed by atoms with E-state index in [4.69, 9.17) is 9.84 Å². The highest BCUT2D eigenvalue weighted by Gasteiger charge is 2.57. The molecule has 1 N–H and O–H groups in total. The lowest BCUT2D eigenvalue weighted by Crippen LogP contribution is -2.46. The van der Waals surface area contributed by atoms with Crippen molar-refractivity contribution in [1.82, 2.24) is 0 Å². The smallest absolute Gasteiger partial charge is 0.354 e. The Bertz CT molecular complexity index is 1130. The second kappa shape index (κ2) is 11.0. The van der Waals surface area contributed by atoms with Gasteiger partial charge in [-0.1, -0.05) is 0 Å². The number of hydrogen-bond donors (Lipinski definition) is 1. The highest BCUT2D eigenvalue weighted by molar-refractivity contribution is 7.98. The molecule has 1 saturated carbocycles. The number of alkyl halides is 6. The predicted molar refractivity (Wildman–Crippen MR) is 131 cm³/mol. The third-order valence-corrected chi connectivity index (χ3v) is 9.78. The average Bonchev–Trinajstić information content (AvgIpc) is 2.86. The number of benzene rings is 1. The van der Waals surface area contributed by atoms with Crippen LogP contribution in [0.4, 0.5) is 32.0 Å². The second-order valence-corrected chi connectivity index (χ2v) is 13.0. The van der Waals surface area contributed by atoms with Gasteiger partial charge >= 0.3 is 11.2 Å². The lowest BCUT2D eigenvalue weighted by atomic mass is 9.89. The van der Waals surface area contributed by atoms with Crippen LogP contribution in [0, 0.1) is 11.8 Å². The minimum Gasteiger partial charge on any atom is -0.491 e. The summed E-state index contributed by atoms with van der Waals surface area (Å²) in [6.07, 6.45) is -1.41. The van der Waals surface area contributed by atoms with Gasteiger partial charge in [0.25, 0.3) is 0 Å². The number of thioether (sulfide) groups is 1. The van der Waals surface area contributed by atoms with Crippen molar-refractivity contribution in [2.24, 2.45) is 11.8 Å². The van der Waals surface area contributed by atoms with Crippen LogP contribution < -0.4 is 9.64 Å². The number of carboxylic acids is 1. The number of rotatable bonds is 9. The zero-order valence-electron chi connectivity index (χ0n) is 21.2. The van der Waals surface area contributed by atoms with E-state index in [2.05, 4.69) is 0 Å². The van der Waals surface area contributed by atoms with Gasteiger partial charge in [-0.3, -0.25) is 4.79 Å². The zero-order valence-corrected chi connectivity index (χ0v) is 22.8. The number of aliphatic carboxylic acids is 1. The molecule has 0 unspecified atom stereocenters. The molecule has 0 radical (unpaired) electrons. The number of anilines is 1. The standard InChI is InChI=1S/C24H31F6NO5S2/c1-14(21(32)33)13-36-18-11-20-17(10-19(18)37-3)31(16-5-8-23(27,28)9-6-16)12-15(4-7-22(2,25)26)24(29,30)38(20,34)35/h10-11,14-16H,4-9,12-13H2,1-3H3,(H,32,33)/t14-,15-/m1/s1. The summed E-state index contributed by atoms with van der Waals surface area (Å²) < 4.78 is 119. The van der Waals surface area contributed by atoms with E-state index in [1.165, 1.54) is 17.9 Å². The van der Waals surface area contributed by atoms with E-state index in [1.807, 2.05) is 0 Å². The number of hydrogen-bond acceptors (Lipinski definition) is 6. The Balaban J connectivity index is 2.15. The first kappa shape index (κ1) is 30.7. The predicted octanol–water partition coefficient (Wildman–Crippen LogP) is 6.32. The fraction of sp³-hybridized carbons (Fsp3) is 0.708. The Morgan fingerprint density at radius 3 is 2.37 bits per heavy atom. The fourth-order valence-corrected chi connectivity index (χ4v) is 6.89. The molecule has 2 aliphatic rings. The van der Waals surface area contributed by atoms with Gasteiger partial charge < -0.3 is 14.7 Å². The van der Waals surface area contributed by atoms with Crippen LogP contribution in [0.5, 0.6) is 5.75 Å². The van der Waals surface area contributed by atoms with Crippen molar-refractivity contribution in [2.75, 3.05) is 24.3 Å². The van der Waals surface area contributed by atoms with Crippen molar-refractivity contribution in [3.8, 4) is 5.75 Å². The molecule has 38 heavy (non-hydrogen) atoms. The van der Waals surface area contributed by atoms with Gasteiger partial charge in [0.15, 0.2) is 0 Å². The van der Waals surface area contributed by atoms with Gasteiger partial charge in [0, 0.05) is 37.9 Å². The molecule has 0 saturated heterocycles. The van der Waals surface area contributed by atoms with Gasteiger partial charge in [-0.2, -0.15) is 8.78 Å². The minimum atomic E-state index is -5.44. The van der Waals surface area contributed by atoms with Gasteiger partial charge in [0.05, 0.1) is 22.4 Å². The molecule has 0 spiro atoms. The van der Waals surface area contributed by atoms with E-state index in [1.54, 1.807) is 6.26 Å². The normalized spacial score (nSPS) is 23.8. The fourth-order valence-electron chi connectivity index (χ4n) is 4.71. The van der Waals surface area contributed by atoms with E-state index in [-0.39, 0.29) is 30.9 Å². The van der Waals surface area contributed by atoms with Crippen LogP contribution in [0.3, 0.4) is 0 Å². The summed E-state index contributed by atoms with van der Waals surface area (Å²) in [7, 11) is -5.44. The Morgan fingerprint density at radius 2 is 1.84 bits per heavy atom. The third kappa shape index (κ3) is 6.48. The van der Waals surface area contributed by atoms with E-state index in [0.29, 0.717) is 11.8 Å². The van der Waals surface area contributed by atoms with Crippen molar-refractivity contribution in [3.05, 3.63) is 12.1 Å². The molecule has 6 nitrogen and oxygen atoms in total. The van der Waals surface area contributed by atoms with Crippen molar-refractivity contribution in [3.63, 3.8) is 0 Å². The molecule has 1 aromatic carbocycles. The Labute approximate surface area is 222 Å². The Hall–Kier alpha value is -1.83. The SMILES string of the molecule is CSc1cc2c(cc1OC[C@@H](C)C(=O)O)S(=O)(=O)C(F)(F)[C@H](CCC(C)(F)F)CN2C1CCC(F)(F)CC1. The Kier molecular flexibility index (Phi) is 8.87. The van der Waals surface area contributed by atoms with E-state index in [9.17, 15) is 30.8 Å². The summed E-state index contributed by atoms with van der Waals surface area (Å²) in [5.41, 5.74) is -0.131. The third-order valence-electron chi connectivity index (χ3n) is 7.06. The van der Waals surface area contributed by atoms with Gasteiger partial charge in [-0.05, 0) is 45.4 Å². The second-order valence-electron chi connectivity index (χ2n) is 10.1. The zero-order chi connectivity index (χ0) is 28.7. The largest absolute Gasteiger partial charge is 0.491 e. The first-order valence-corrected chi connectivity index (χ1v) is 14.8. The summed E-state index contributed by atoms with van der Waals surface area (Å²) in [5, 5.41) is 4.69. The molecule has 0 amide bonds. The molecule has 216 valence electrons. The van der Waals surface area contributed by atoms with Crippen molar-refractivity contribution >= 4 is 33.3 Å². The van der Waals surface area contributed by atoms with E-state index in [0.717, 1.165) is 17.8 Å². The lowest BCUT2D eigenvalue weighted by molar-refractivity contribution is -0.142. The van der Waals surface area contributed by atoms with Gasteiger partial charge in [-0.15, -0.1) is 11.8 Å². The first-order chi connectivity index (χ1) is 17.4. The van der Waals surface area contributed by atoms with E-state index < -0.39 is 87.9 Å². The van der Waals surface area contributed by atoms with Crippen LogP contribution in [0.15, 0.2) is 21.9 Å². The number of nitrogens with zero attached hydrogens (tertiary/aromatic N) is 1. The van der Waals surface area contributed by atoms with Gasteiger partial charge in [0.2, 0.25) is 21.7 Å². The van der Waals surface area contributed by atoms with Crippen LogP contribution in [-0.2, 0) is 14.6 Å². The molecule has 0 aromatic heterocycles. The van der Waals surface area contributed by atoms with Crippen LogP contribution in [0.1, 0.15) is 52.4 Å². The summed E-state index contributed by atoms with van der Waals surface area (Å²) in [6, 6.07) is 1.51. The molecule has 1 heterocycles. The van der Waals surface area contributed by atoms with Crippen LogP contribution >= 0.6 is 11.8 Å². The number of halogens is 6. The van der Waals surface area contributed by atoms with Crippen molar-refractivity contribution < 1.29 is 49.4 Å². The van der Waals surface area contributed by atoms with Crippen LogP contribution in [0.2, 0.25) is 0 Å². The molecule has 14 heteroatoms. The highest BCUT2D eigenvalue weighted by Crippen LogP contribution is 2.50. The quantitative estimate of drug-likeness (QED) is 0.266. The minimum absolute atomic E-state index is 0.0995. The number of ether oxygens (including phenoxy) is 1. The molecule has 1 aliphatic heterocycles. The molecule has 2 atom stereocenters. The van der Waals surface area contributed by atoms with Crippen LogP contribution in [-0.4, -0.2) is 62.0 Å². The topological polar surface area (TPSA) is 83.9 Å². The van der Waals surface area contributed by atoms with Crippen LogP contribution in [0.25, 0.3) is 0 Å². The molecular formula is C24H31F6NO5S2. The van der Waals surface area contributed by atoms with Crippen molar-refractivity contribution in [1.29, 1.82) is 0 Å². The molecule has 1 fully saturated rings. The van der Waals surface area contributed by atoms with Gasteiger partial charge in [-0.25, -0.2) is 26.0 Å². The monoisotopic (exact) mass is 591 g/mol. The maximum Gasteiger partial charge on any atom is 0.354 e. The first-order valence-electron chi connectivity index (χ1n) is 12.1. The van der Waals surface area contributed by atoms with Crippen molar-refractivity contribution in [2.45, 2.75) is 85.3 Å². The lowest BCUT2D eigenvalue weighted by Gasteiger charge is -2.39. The molecular weight excluding hydrogens is 560 g/mol. The number of fused-ring (bicyclic) bond motifs is 1. The summed E-state index contributed by atoms with van der Waals surface area (Å²) in [6.45, 7) is 0.923. The van der Waals surface area contributed by atoms with Gasteiger partial charge in [0.1, 0.15) is 17.3 Å². The average molecular weight is 592 g/mol. The van der Waals surface area contributed by atoms with E-state index >= 15 is 8.78 Å². The maximum absolute atomic E-state index is 15.7. The molecule has 1 aromatic rings. The summed E-state index contributed by atoms with van der Waals surface area (Å²) >= 11 is 1.10. The number of carbonyl (C=O) groups is 1. The Morgan fingerprint density at radius 1 is 1.24 bits per heavy atom. The molecule has 3 rings (SSSR count). The molecule has 1 aliphatic carbocycles. The maximum atomic E-state index is 15.7. The number of carboxylic acid groups (broad SMARTS) is 1.